The lowest BCUT2D eigenvalue weighted by Gasteiger charge is -2.10. The molecule has 0 fully saturated rings. The summed E-state index contributed by atoms with van der Waals surface area (Å²) < 4.78 is 27.5. The van der Waals surface area contributed by atoms with Crippen LogP contribution in [0.15, 0.2) is 90.0 Å². The van der Waals surface area contributed by atoms with Gasteiger partial charge in [0.25, 0.3) is 10.0 Å². The lowest BCUT2D eigenvalue weighted by atomic mass is 10.1. The summed E-state index contributed by atoms with van der Waals surface area (Å²) in [6.45, 7) is 1.83. The maximum atomic E-state index is 12.5. The molecule has 2 N–H and O–H groups in total. The predicted molar refractivity (Wildman–Crippen MR) is 117 cm³/mol. The van der Waals surface area contributed by atoms with Crippen molar-refractivity contribution >= 4 is 27.3 Å². The molecular formula is C22H19N5O2S. The largest absolute Gasteiger partial charge is 0.340 e. The Morgan fingerprint density at radius 3 is 2.23 bits per heavy atom. The van der Waals surface area contributed by atoms with Crippen molar-refractivity contribution in [2.75, 3.05) is 10.0 Å². The number of sulfonamides is 1. The second-order valence-corrected chi connectivity index (χ2v) is 8.20. The van der Waals surface area contributed by atoms with Crippen LogP contribution in [0.5, 0.6) is 0 Å². The first kappa shape index (κ1) is 19.5. The van der Waals surface area contributed by atoms with Crippen molar-refractivity contribution in [2.24, 2.45) is 0 Å². The number of hydrogen-bond donors (Lipinski definition) is 2. The summed E-state index contributed by atoms with van der Waals surface area (Å²) in [6.07, 6.45) is 1.53. The quantitative estimate of drug-likeness (QED) is 0.483. The number of pyridine rings is 1. The number of hydrogen-bond acceptors (Lipinski definition) is 6. The maximum Gasteiger partial charge on any atom is 0.263 e. The molecule has 0 radical (unpaired) electrons. The van der Waals surface area contributed by atoms with Crippen molar-refractivity contribution in [1.82, 2.24) is 15.0 Å². The summed E-state index contributed by atoms with van der Waals surface area (Å²) in [5, 5.41) is 3.20. The highest BCUT2D eigenvalue weighted by molar-refractivity contribution is 7.92. The number of nitrogens with zero attached hydrogens (tertiary/aromatic N) is 3. The summed E-state index contributed by atoms with van der Waals surface area (Å²) >= 11 is 0. The molecule has 150 valence electrons. The molecule has 0 amide bonds. The molecule has 8 heteroatoms. The van der Waals surface area contributed by atoms with Gasteiger partial charge in [-0.3, -0.25) is 4.72 Å². The molecule has 0 atom stereocenters. The van der Waals surface area contributed by atoms with Crippen molar-refractivity contribution < 1.29 is 8.42 Å². The van der Waals surface area contributed by atoms with Gasteiger partial charge in [0, 0.05) is 23.5 Å². The molecule has 0 spiro atoms. The van der Waals surface area contributed by atoms with Crippen LogP contribution in [-0.4, -0.2) is 23.4 Å². The van der Waals surface area contributed by atoms with Crippen molar-refractivity contribution in [3.05, 3.63) is 90.9 Å². The van der Waals surface area contributed by atoms with E-state index in [-0.39, 0.29) is 10.7 Å². The van der Waals surface area contributed by atoms with E-state index >= 15 is 0 Å². The average Bonchev–Trinajstić information content (AvgIpc) is 2.75. The molecule has 0 aliphatic rings. The van der Waals surface area contributed by atoms with Gasteiger partial charge in [0.15, 0.2) is 0 Å². The van der Waals surface area contributed by atoms with E-state index in [1.165, 1.54) is 18.3 Å². The second kappa shape index (κ2) is 8.30. The Hall–Kier alpha value is -3.78. The molecular weight excluding hydrogens is 398 g/mol. The minimum absolute atomic E-state index is 0.141. The Balaban J connectivity index is 1.53. The van der Waals surface area contributed by atoms with E-state index in [0.717, 1.165) is 11.3 Å². The van der Waals surface area contributed by atoms with Crippen molar-refractivity contribution in [3.63, 3.8) is 0 Å². The summed E-state index contributed by atoms with van der Waals surface area (Å²) in [4.78, 5) is 13.0. The molecule has 0 aliphatic heterocycles. The minimum atomic E-state index is -3.72. The molecule has 2 aromatic carbocycles. The van der Waals surface area contributed by atoms with Crippen molar-refractivity contribution in [2.45, 2.75) is 11.8 Å². The van der Waals surface area contributed by atoms with Crippen molar-refractivity contribution in [3.8, 4) is 11.3 Å². The molecule has 2 aromatic heterocycles. The van der Waals surface area contributed by atoms with E-state index in [2.05, 4.69) is 25.0 Å². The van der Waals surface area contributed by atoms with Gasteiger partial charge in [0.2, 0.25) is 0 Å². The van der Waals surface area contributed by atoms with Gasteiger partial charge < -0.3 is 5.32 Å². The zero-order valence-electron chi connectivity index (χ0n) is 16.1. The van der Waals surface area contributed by atoms with Gasteiger partial charge >= 0.3 is 0 Å². The van der Waals surface area contributed by atoms with Gasteiger partial charge in [-0.25, -0.2) is 23.4 Å². The number of anilines is 3. The van der Waals surface area contributed by atoms with Crippen LogP contribution in [0.25, 0.3) is 11.3 Å². The normalized spacial score (nSPS) is 11.1. The van der Waals surface area contributed by atoms with Crippen molar-refractivity contribution in [1.29, 1.82) is 0 Å². The summed E-state index contributed by atoms with van der Waals surface area (Å²) in [6, 6.07) is 23.1. The fourth-order valence-corrected chi connectivity index (χ4v) is 3.88. The van der Waals surface area contributed by atoms with Gasteiger partial charge in [-0.1, -0.05) is 36.4 Å². The van der Waals surface area contributed by atoms with E-state index in [0.29, 0.717) is 17.3 Å². The molecule has 4 aromatic rings. The van der Waals surface area contributed by atoms with Crippen LogP contribution in [0, 0.1) is 6.92 Å². The number of aromatic nitrogens is 3. The van der Waals surface area contributed by atoms with Crippen LogP contribution < -0.4 is 10.0 Å². The molecule has 0 aliphatic carbocycles. The van der Waals surface area contributed by atoms with E-state index in [1.807, 2.05) is 43.3 Å². The van der Waals surface area contributed by atoms with Crippen LogP contribution in [-0.2, 0) is 10.0 Å². The maximum absolute atomic E-state index is 12.5. The number of rotatable bonds is 6. The van der Waals surface area contributed by atoms with E-state index in [1.54, 1.807) is 30.3 Å². The highest BCUT2D eigenvalue weighted by Crippen LogP contribution is 2.23. The molecule has 0 saturated carbocycles. The highest BCUT2D eigenvalue weighted by Gasteiger charge is 2.14. The Kier molecular flexibility index (Phi) is 5.40. The lowest BCUT2D eigenvalue weighted by molar-refractivity contribution is 0.601. The van der Waals surface area contributed by atoms with Crippen LogP contribution in [0.3, 0.4) is 0 Å². The second-order valence-electron chi connectivity index (χ2n) is 6.52. The van der Waals surface area contributed by atoms with E-state index < -0.39 is 10.0 Å². The fraction of sp³-hybridized carbons (Fsp3) is 0.0455. The van der Waals surface area contributed by atoms with Gasteiger partial charge in [-0.2, -0.15) is 0 Å². The smallest absolute Gasteiger partial charge is 0.263 e. The zero-order valence-corrected chi connectivity index (χ0v) is 17.0. The van der Waals surface area contributed by atoms with Gasteiger partial charge in [-0.15, -0.1) is 0 Å². The zero-order chi connectivity index (χ0) is 21.0. The summed E-state index contributed by atoms with van der Waals surface area (Å²) in [7, 11) is -3.72. The predicted octanol–water partition coefficient (Wildman–Crippen LogP) is 4.39. The fourth-order valence-electron chi connectivity index (χ4n) is 2.87. The number of aryl methyl sites for hydroxylation is 1. The molecule has 0 bridgehead atoms. The van der Waals surface area contributed by atoms with Crippen LogP contribution in [0.1, 0.15) is 5.82 Å². The molecule has 0 saturated heterocycles. The van der Waals surface area contributed by atoms with Crippen LogP contribution >= 0.6 is 0 Å². The van der Waals surface area contributed by atoms with Crippen LogP contribution in [0.4, 0.5) is 17.3 Å². The van der Waals surface area contributed by atoms with Gasteiger partial charge in [-0.05, 0) is 43.3 Å². The minimum Gasteiger partial charge on any atom is -0.340 e. The van der Waals surface area contributed by atoms with Gasteiger partial charge in [0.1, 0.15) is 17.5 Å². The highest BCUT2D eigenvalue weighted by atomic mass is 32.2. The molecule has 2 heterocycles. The third-order valence-corrected chi connectivity index (χ3v) is 5.62. The molecule has 7 nitrogen and oxygen atoms in total. The van der Waals surface area contributed by atoms with Crippen LogP contribution in [0.2, 0.25) is 0 Å². The SMILES string of the molecule is Cc1nc(Nc2ccc(S(=O)(=O)Nc3ccccn3)cc2)cc(-c2ccccc2)n1. The molecule has 0 unspecified atom stereocenters. The monoisotopic (exact) mass is 417 g/mol. The Morgan fingerprint density at radius 2 is 1.53 bits per heavy atom. The first-order valence-corrected chi connectivity index (χ1v) is 10.7. The molecule has 4 rings (SSSR count). The van der Waals surface area contributed by atoms with E-state index in [4.69, 9.17) is 0 Å². The Morgan fingerprint density at radius 1 is 0.800 bits per heavy atom. The number of nitrogens with one attached hydrogen (secondary N) is 2. The average molecular weight is 417 g/mol. The first-order valence-electron chi connectivity index (χ1n) is 9.22. The topological polar surface area (TPSA) is 96.9 Å². The lowest BCUT2D eigenvalue weighted by Crippen LogP contribution is -2.13. The standard InChI is InChI=1S/C22H19N5O2S/c1-16-24-20(17-7-3-2-4-8-17)15-22(25-16)26-18-10-12-19(13-11-18)30(28,29)27-21-9-5-6-14-23-21/h2-15H,1H3,(H,23,27)(H,24,25,26). The Labute approximate surface area is 174 Å². The van der Waals surface area contributed by atoms with E-state index in [9.17, 15) is 8.42 Å². The van der Waals surface area contributed by atoms with Gasteiger partial charge in [0.05, 0.1) is 10.6 Å². The third kappa shape index (κ3) is 4.61. The summed E-state index contributed by atoms with van der Waals surface area (Å²) in [5.41, 5.74) is 2.52. The number of benzene rings is 2. The first-order chi connectivity index (χ1) is 14.5. The Bertz CT molecular complexity index is 1250. The third-order valence-electron chi connectivity index (χ3n) is 4.25. The molecule has 30 heavy (non-hydrogen) atoms. The summed E-state index contributed by atoms with van der Waals surface area (Å²) in [5.74, 6) is 1.53.